The van der Waals surface area contributed by atoms with Crippen molar-refractivity contribution in [1.29, 1.82) is 0 Å². The number of nitrogens with zero attached hydrogens (tertiary/aromatic N) is 4. The maximum absolute atomic E-state index is 9.97. The van der Waals surface area contributed by atoms with Gasteiger partial charge in [-0.2, -0.15) is 0 Å². The Balaban J connectivity index is 1.02. The van der Waals surface area contributed by atoms with Crippen molar-refractivity contribution in [3.8, 4) is 78.1 Å². The van der Waals surface area contributed by atoms with Gasteiger partial charge < -0.3 is 23.4 Å². The summed E-state index contributed by atoms with van der Waals surface area (Å²) in [7, 11) is 0. The number of aromatic nitrogens is 2. The van der Waals surface area contributed by atoms with Crippen LogP contribution in [0.3, 0.4) is 0 Å². The maximum Gasteiger partial charge on any atom is 0.252 e. The number of rotatable bonds is 4. The third kappa shape index (κ3) is 9.78. The summed E-state index contributed by atoms with van der Waals surface area (Å²) in [5.74, 6) is 0. The van der Waals surface area contributed by atoms with Crippen molar-refractivity contribution in [3.05, 3.63) is 332 Å². The molecule has 5 nitrogen and oxygen atoms in total. The van der Waals surface area contributed by atoms with Gasteiger partial charge in [0.2, 0.25) is 0 Å². The Morgan fingerprint density at radius 2 is 0.620 bits per heavy atom. The quantitative estimate of drug-likeness (QED) is 0.165. The molecule has 108 heavy (non-hydrogen) atoms. The van der Waals surface area contributed by atoms with Crippen LogP contribution in [0.15, 0.2) is 320 Å². The van der Waals surface area contributed by atoms with Crippen LogP contribution in [0, 0.1) is 0 Å². The molecule has 0 atom stereocenters. The minimum Gasteiger partial charge on any atom is -0.456 e. The first kappa shape index (κ1) is 54.9. The van der Waals surface area contributed by atoms with E-state index in [4.69, 9.17) is 4.42 Å². The van der Waals surface area contributed by atoms with E-state index < -0.39 is 49.1 Å². The van der Waals surface area contributed by atoms with Crippen LogP contribution in [0.25, 0.3) is 144 Å². The summed E-state index contributed by atoms with van der Waals surface area (Å²) >= 11 is 0. The van der Waals surface area contributed by atoms with Crippen LogP contribution in [0.4, 0.5) is 34.1 Å². The molecular weight excluding hydrogens is 1310 g/mol. The molecule has 0 amide bonds. The highest BCUT2D eigenvalue weighted by atomic mass is 16.3. The van der Waals surface area contributed by atoms with E-state index >= 15 is 0 Å². The van der Waals surface area contributed by atoms with E-state index in [2.05, 4.69) is 327 Å². The number of hydrogen-bond donors (Lipinski definition) is 0. The summed E-state index contributed by atoms with van der Waals surface area (Å²) in [5.41, 5.74) is 20.8. The Labute approximate surface area is 643 Å². The summed E-state index contributed by atoms with van der Waals surface area (Å²) in [5, 5.41) is 6.17. The van der Waals surface area contributed by atoms with Crippen LogP contribution < -0.4 is 26.2 Å². The lowest BCUT2D eigenvalue weighted by Crippen LogP contribution is -2.61. The molecule has 0 N–H and O–H groups in total. The molecule has 3 aliphatic rings. The highest BCUT2D eigenvalue weighted by molar-refractivity contribution is 7.00. The Morgan fingerprint density at radius 3 is 1.01 bits per heavy atom. The molecule has 6 heterocycles. The van der Waals surface area contributed by atoms with Crippen LogP contribution in [0.1, 0.15) is 91.1 Å². The lowest BCUT2D eigenvalue weighted by Gasteiger charge is -2.47. The number of anilines is 6. The number of para-hydroxylation sites is 4. The van der Waals surface area contributed by atoms with Gasteiger partial charge in [0.1, 0.15) is 11.2 Å². The lowest BCUT2D eigenvalue weighted by atomic mass is 9.33. The summed E-state index contributed by atoms with van der Waals surface area (Å²) in [6.07, 6.45) is 0. The van der Waals surface area contributed by atoms with Crippen molar-refractivity contribution in [1.82, 2.24) is 9.13 Å². The van der Waals surface area contributed by atoms with Gasteiger partial charge in [-0.05, 0) is 215 Å². The van der Waals surface area contributed by atoms with Gasteiger partial charge in [0.05, 0.1) is 33.4 Å². The molecule has 0 radical (unpaired) electrons. The highest BCUT2D eigenvalue weighted by Crippen LogP contribution is 2.56. The zero-order valence-electron chi connectivity index (χ0n) is 69.8. The molecule has 18 aromatic rings. The molecule has 516 valence electrons. The molecule has 21 rings (SSSR count). The fourth-order valence-electron chi connectivity index (χ4n) is 17.9. The van der Waals surface area contributed by atoms with E-state index in [-0.39, 0.29) is 0 Å². The smallest absolute Gasteiger partial charge is 0.252 e. The second-order valence-corrected chi connectivity index (χ2v) is 31.8. The van der Waals surface area contributed by atoms with Gasteiger partial charge >= 0.3 is 0 Å². The Kier molecular flexibility index (Phi) is 11.9. The minimum absolute atomic E-state index is 0.399. The molecule has 3 aliphatic heterocycles. The van der Waals surface area contributed by atoms with Gasteiger partial charge in [-0.1, -0.05) is 256 Å². The minimum atomic E-state index is -3.72. The SMILES string of the molecule is [2H]C([2H])([2H])C(c1cc2c3c(c1)N1c4cc(-n5c6ccccc6c6ccccc65)ccc4B3c3ccc(-n4c5ccccc5c5ccccc54)cc3N2c2c(-c3ccccc3)cc(C(C)(C)C)cc2-c2cccc(c2)-c2ccc3oc4ccc(cc4c3c2)-c2cccc(c2)-c2cc(C(C)(C)C)cc(-c3ccccc3)c21)(C([2H])([2H])[2H])C([2H])([2H])[2H]. The fourth-order valence-corrected chi connectivity index (χ4v) is 17.9. The third-order valence-corrected chi connectivity index (χ3v) is 23.2. The second-order valence-electron chi connectivity index (χ2n) is 31.8. The van der Waals surface area contributed by atoms with Gasteiger partial charge in [0.15, 0.2) is 0 Å². The summed E-state index contributed by atoms with van der Waals surface area (Å²) < 4.78 is 101. The standard InChI is InChI=1S/C102H79BN4O/c1-100(2,3)70-54-79(62-26-12-10-13-27-62)98-81(56-70)68-32-24-30-64(50-68)66-42-48-95-83(52-66)84-53-67(43-49-96(84)108-95)65-31-25-33-69(51-65)82-57-71(101(4,5)6)55-80(63-28-14-11-15-29-63)99(82)107-92-61-74(105-89-40-22-18-36-77(89)78-37-19-23-41-90(78)105)45-47-86(92)103-85-46-44-73(104-87-38-20-16-34-75(87)76-35-17-21-39-88(76)104)60-91(85)106(98)93-58-72(102(7,8)9)59-94(107)97(93)103/h10-61H,1-9H3/i7D3,8D3,9D3. The van der Waals surface area contributed by atoms with Crippen LogP contribution in [-0.4, -0.2) is 15.8 Å². The van der Waals surface area contributed by atoms with Crippen LogP contribution in [0.5, 0.6) is 0 Å². The molecule has 0 fully saturated rings. The topological polar surface area (TPSA) is 29.5 Å². The zero-order valence-corrected chi connectivity index (χ0v) is 60.8. The van der Waals surface area contributed by atoms with Gasteiger partial charge in [-0.25, -0.2) is 0 Å². The number of hydrogen-bond acceptors (Lipinski definition) is 3. The second kappa shape index (κ2) is 23.4. The molecule has 0 saturated carbocycles. The largest absolute Gasteiger partial charge is 0.456 e. The molecule has 6 heteroatoms. The summed E-state index contributed by atoms with van der Waals surface area (Å²) in [6, 6.07) is 111. The molecule has 15 aromatic carbocycles. The predicted molar refractivity (Wildman–Crippen MR) is 459 cm³/mol. The highest BCUT2D eigenvalue weighted by Gasteiger charge is 2.47. The molecule has 0 saturated heterocycles. The predicted octanol–water partition coefficient (Wildman–Crippen LogP) is 26.1. The molecule has 0 unspecified atom stereocenters. The van der Waals surface area contributed by atoms with Crippen LogP contribution >= 0.6 is 0 Å². The molecule has 0 aliphatic carbocycles. The van der Waals surface area contributed by atoms with E-state index in [1.807, 2.05) is 36.4 Å². The molecular formula is C102H79BN4O. The van der Waals surface area contributed by atoms with Crippen LogP contribution in [-0.2, 0) is 16.2 Å². The first-order chi connectivity index (χ1) is 56.2. The van der Waals surface area contributed by atoms with E-state index in [1.54, 1.807) is 12.1 Å². The van der Waals surface area contributed by atoms with Gasteiger partial charge in [0.25, 0.3) is 6.71 Å². The average molecular weight is 1400 g/mol. The van der Waals surface area contributed by atoms with Crippen molar-refractivity contribution < 1.29 is 16.8 Å². The lowest BCUT2D eigenvalue weighted by molar-refractivity contribution is 0.590. The monoisotopic (exact) mass is 1400 g/mol. The summed E-state index contributed by atoms with van der Waals surface area (Å²) in [6.45, 7) is 1.45. The average Bonchev–Trinajstić information content (AvgIpc) is 1.19. The Bertz CT molecular complexity index is 6680. The number of furan rings is 1. The van der Waals surface area contributed by atoms with Crippen molar-refractivity contribution in [3.63, 3.8) is 0 Å². The van der Waals surface area contributed by atoms with Gasteiger partial charge in [0, 0.05) is 101 Å². The van der Waals surface area contributed by atoms with Crippen molar-refractivity contribution in [2.24, 2.45) is 0 Å². The van der Waals surface area contributed by atoms with Crippen molar-refractivity contribution in [2.75, 3.05) is 9.80 Å². The molecule has 13 bridgehead atoms. The van der Waals surface area contributed by atoms with Gasteiger partial charge in [-0.3, -0.25) is 0 Å². The number of fused-ring (bicyclic) bond motifs is 26. The van der Waals surface area contributed by atoms with E-state index in [9.17, 15) is 12.3 Å². The van der Waals surface area contributed by atoms with Gasteiger partial charge in [-0.15, -0.1) is 0 Å². The maximum atomic E-state index is 9.97. The van der Waals surface area contributed by atoms with Crippen LogP contribution in [0.2, 0.25) is 0 Å². The fraction of sp³-hybridized carbons (Fsp3) is 0.118. The van der Waals surface area contributed by atoms with E-state index in [1.165, 1.54) is 0 Å². The van der Waals surface area contributed by atoms with Crippen molar-refractivity contribution >= 4 is 123 Å². The Morgan fingerprint density at radius 1 is 0.278 bits per heavy atom. The van der Waals surface area contributed by atoms with Crippen molar-refractivity contribution in [2.45, 2.75) is 78.3 Å². The number of benzene rings is 15. The molecule has 3 aromatic heterocycles. The van der Waals surface area contributed by atoms with E-state index in [0.29, 0.717) is 39.6 Å². The first-order valence-electron chi connectivity index (χ1n) is 41.9. The molecule has 0 spiro atoms. The first-order valence-corrected chi connectivity index (χ1v) is 37.4. The Hall–Kier alpha value is -12.6. The zero-order chi connectivity index (χ0) is 80.3. The summed E-state index contributed by atoms with van der Waals surface area (Å²) in [4.78, 5) is 4.52. The normalized spacial score (nSPS) is 14.8. The third-order valence-electron chi connectivity index (χ3n) is 23.2. The van der Waals surface area contributed by atoms with E-state index in [0.717, 1.165) is 166 Å².